The molecule has 2 aliphatic rings. The monoisotopic (exact) mass is 288 g/mol. The van der Waals surface area contributed by atoms with Crippen LogP contribution in [0.1, 0.15) is 29.2 Å². The standard InChI is InChI=1S/C13H14F2N2O.ClH/c14-12(15)10-3-1-2-9-8(10)4-7-18-11(9)13-16-5-6-17-13;/h1-3,11-12H,4-7H2,(H,16,17);1H. The molecule has 0 fully saturated rings. The average molecular weight is 289 g/mol. The van der Waals surface area contributed by atoms with E-state index in [-0.39, 0.29) is 24.1 Å². The number of alkyl halides is 2. The predicted molar refractivity (Wildman–Crippen MR) is 71.3 cm³/mol. The molecule has 19 heavy (non-hydrogen) atoms. The van der Waals surface area contributed by atoms with Crippen molar-refractivity contribution in [2.24, 2.45) is 4.99 Å². The van der Waals surface area contributed by atoms with Gasteiger partial charge in [-0.2, -0.15) is 0 Å². The van der Waals surface area contributed by atoms with E-state index in [2.05, 4.69) is 10.3 Å². The molecule has 1 aromatic carbocycles. The van der Waals surface area contributed by atoms with Crippen molar-refractivity contribution < 1.29 is 13.5 Å². The lowest BCUT2D eigenvalue weighted by molar-refractivity contribution is 0.0831. The van der Waals surface area contributed by atoms with Crippen molar-refractivity contribution in [1.82, 2.24) is 5.32 Å². The molecule has 0 aromatic heterocycles. The van der Waals surface area contributed by atoms with Gasteiger partial charge in [0.2, 0.25) is 0 Å². The Morgan fingerprint density at radius 1 is 1.37 bits per heavy atom. The van der Waals surface area contributed by atoms with E-state index in [1.807, 2.05) is 6.07 Å². The van der Waals surface area contributed by atoms with Crippen LogP contribution in [0.3, 0.4) is 0 Å². The first-order valence-electron chi connectivity index (χ1n) is 6.07. The molecule has 2 heterocycles. The molecule has 3 nitrogen and oxygen atoms in total. The second kappa shape index (κ2) is 5.84. The van der Waals surface area contributed by atoms with Gasteiger partial charge >= 0.3 is 0 Å². The molecule has 0 bridgehead atoms. The Labute approximate surface area is 116 Å². The van der Waals surface area contributed by atoms with Gasteiger partial charge in [-0.25, -0.2) is 8.78 Å². The number of aliphatic imine (C=N–C) groups is 1. The van der Waals surface area contributed by atoms with Crippen molar-refractivity contribution >= 4 is 18.2 Å². The highest BCUT2D eigenvalue weighted by atomic mass is 35.5. The molecule has 0 saturated heterocycles. The summed E-state index contributed by atoms with van der Waals surface area (Å²) in [4.78, 5) is 4.33. The molecule has 0 spiro atoms. The smallest absolute Gasteiger partial charge is 0.264 e. The highest BCUT2D eigenvalue weighted by Crippen LogP contribution is 2.34. The quantitative estimate of drug-likeness (QED) is 0.908. The van der Waals surface area contributed by atoms with Crippen molar-refractivity contribution in [1.29, 1.82) is 0 Å². The maximum absolute atomic E-state index is 13.0. The third-order valence-corrected chi connectivity index (χ3v) is 3.35. The molecule has 3 rings (SSSR count). The van der Waals surface area contributed by atoms with Gasteiger partial charge in [-0.05, 0) is 17.5 Å². The third-order valence-electron chi connectivity index (χ3n) is 3.35. The molecule has 6 heteroatoms. The summed E-state index contributed by atoms with van der Waals surface area (Å²) < 4.78 is 31.6. The summed E-state index contributed by atoms with van der Waals surface area (Å²) in [7, 11) is 0. The maximum atomic E-state index is 13.0. The number of nitrogens with zero attached hydrogens (tertiary/aromatic N) is 1. The van der Waals surface area contributed by atoms with E-state index in [0.29, 0.717) is 13.0 Å². The number of nitrogens with one attached hydrogen (secondary N) is 1. The van der Waals surface area contributed by atoms with Gasteiger partial charge in [-0.15, -0.1) is 12.4 Å². The molecule has 1 N–H and O–H groups in total. The minimum absolute atomic E-state index is 0. The van der Waals surface area contributed by atoms with E-state index in [1.54, 1.807) is 6.07 Å². The Hall–Kier alpha value is -1.20. The number of fused-ring (bicyclic) bond motifs is 1. The Balaban J connectivity index is 0.00000133. The fraction of sp³-hybridized carbons (Fsp3) is 0.462. The van der Waals surface area contributed by atoms with Crippen LogP contribution in [0.2, 0.25) is 0 Å². The van der Waals surface area contributed by atoms with E-state index in [4.69, 9.17) is 4.74 Å². The minimum Gasteiger partial charge on any atom is -0.369 e. The molecule has 0 saturated carbocycles. The van der Waals surface area contributed by atoms with E-state index in [9.17, 15) is 8.78 Å². The van der Waals surface area contributed by atoms with Gasteiger partial charge in [0.25, 0.3) is 6.43 Å². The van der Waals surface area contributed by atoms with Crippen LogP contribution in [-0.4, -0.2) is 25.5 Å². The van der Waals surface area contributed by atoms with Crippen molar-refractivity contribution in [2.75, 3.05) is 19.7 Å². The fourth-order valence-electron chi connectivity index (χ4n) is 2.55. The topological polar surface area (TPSA) is 33.6 Å². The van der Waals surface area contributed by atoms with Gasteiger partial charge in [-0.3, -0.25) is 4.99 Å². The van der Waals surface area contributed by atoms with E-state index in [0.717, 1.165) is 30.1 Å². The van der Waals surface area contributed by atoms with Gasteiger partial charge in [0.05, 0.1) is 13.2 Å². The average Bonchev–Trinajstić information content (AvgIpc) is 2.91. The van der Waals surface area contributed by atoms with Gasteiger partial charge in [-0.1, -0.05) is 18.2 Å². The molecule has 1 aromatic rings. The molecule has 2 aliphatic heterocycles. The highest BCUT2D eigenvalue weighted by molar-refractivity contribution is 5.89. The van der Waals surface area contributed by atoms with Gasteiger partial charge in [0.1, 0.15) is 11.9 Å². The maximum Gasteiger partial charge on any atom is 0.264 e. The number of hydrogen-bond donors (Lipinski definition) is 1. The Kier molecular flexibility index (Phi) is 4.37. The predicted octanol–water partition coefficient (Wildman–Crippen LogP) is 2.66. The number of halogens is 3. The molecule has 1 unspecified atom stereocenters. The molecular formula is C13H15ClF2N2O. The zero-order valence-corrected chi connectivity index (χ0v) is 11.1. The fourth-order valence-corrected chi connectivity index (χ4v) is 2.55. The molecule has 1 atom stereocenters. The lowest BCUT2D eigenvalue weighted by atomic mass is 9.92. The Morgan fingerprint density at radius 3 is 2.89 bits per heavy atom. The number of hydrogen-bond acceptors (Lipinski definition) is 3. The van der Waals surface area contributed by atoms with Crippen molar-refractivity contribution in [3.8, 4) is 0 Å². The normalized spacial score (nSPS) is 21.4. The van der Waals surface area contributed by atoms with Crippen LogP contribution in [0.4, 0.5) is 8.78 Å². The molecule has 0 aliphatic carbocycles. The zero-order chi connectivity index (χ0) is 12.5. The van der Waals surface area contributed by atoms with Crippen LogP contribution in [-0.2, 0) is 11.2 Å². The highest BCUT2D eigenvalue weighted by Gasteiger charge is 2.29. The molecule has 0 radical (unpaired) electrons. The minimum atomic E-state index is -2.43. The van der Waals surface area contributed by atoms with Gasteiger partial charge < -0.3 is 10.1 Å². The van der Waals surface area contributed by atoms with Gasteiger partial charge in [0, 0.05) is 12.1 Å². The second-order valence-corrected chi connectivity index (χ2v) is 4.41. The van der Waals surface area contributed by atoms with Crippen molar-refractivity contribution in [2.45, 2.75) is 19.0 Å². The van der Waals surface area contributed by atoms with Gasteiger partial charge in [0.15, 0.2) is 0 Å². The molecular weight excluding hydrogens is 274 g/mol. The Bertz CT molecular complexity index is 494. The summed E-state index contributed by atoms with van der Waals surface area (Å²) in [5, 5.41) is 3.15. The van der Waals surface area contributed by atoms with Crippen molar-refractivity contribution in [3.63, 3.8) is 0 Å². The van der Waals surface area contributed by atoms with E-state index >= 15 is 0 Å². The van der Waals surface area contributed by atoms with Crippen molar-refractivity contribution in [3.05, 3.63) is 34.9 Å². The summed E-state index contributed by atoms with van der Waals surface area (Å²) in [6.45, 7) is 1.97. The van der Waals surface area contributed by atoms with E-state index < -0.39 is 6.43 Å². The number of rotatable bonds is 2. The molecule has 0 amide bonds. The number of amidine groups is 1. The second-order valence-electron chi connectivity index (χ2n) is 4.41. The lowest BCUT2D eigenvalue weighted by Gasteiger charge is -2.27. The van der Waals surface area contributed by atoms with Crippen LogP contribution in [0.15, 0.2) is 23.2 Å². The third kappa shape index (κ3) is 2.58. The van der Waals surface area contributed by atoms with E-state index in [1.165, 1.54) is 6.07 Å². The summed E-state index contributed by atoms with van der Waals surface area (Å²) in [6, 6.07) is 5.01. The number of benzene rings is 1. The number of ether oxygens (including phenoxy) is 1. The summed E-state index contributed by atoms with van der Waals surface area (Å²) in [6.07, 6.45) is -2.20. The Morgan fingerprint density at radius 2 is 2.21 bits per heavy atom. The van der Waals surface area contributed by atoms with Crippen LogP contribution in [0, 0.1) is 0 Å². The zero-order valence-electron chi connectivity index (χ0n) is 10.2. The van der Waals surface area contributed by atoms with Crippen LogP contribution in [0.5, 0.6) is 0 Å². The summed E-state index contributed by atoms with van der Waals surface area (Å²) >= 11 is 0. The van der Waals surface area contributed by atoms with Crippen LogP contribution < -0.4 is 5.32 Å². The van der Waals surface area contributed by atoms with Crippen LogP contribution >= 0.6 is 12.4 Å². The molecule has 104 valence electrons. The lowest BCUT2D eigenvalue weighted by Crippen LogP contribution is -2.31. The first-order chi connectivity index (χ1) is 8.77. The van der Waals surface area contributed by atoms with Crippen LogP contribution in [0.25, 0.3) is 0 Å². The first kappa shape index (κ1) is 14.2. The summed E-state index contributed by atoms with van der Waals surface area (Å²) in [5.41, 5.74) is 1.67. The summed E-state index contributed by atoms with van der Waals surface area (Å²) in [5.74, 6) is 0.766. The first-order valence-corrected chi connectivity index (χ1v) is 6.07. The largest absolute Gasteiger partial charge is 0.369 e. The SMILES string of the molecule is Cl.FC(F)c1cccc2c1CCOC2C1=NCCN1.